The maximum atomic E-state index is 12.0. The van der Waals surface area contributed by atoms with Crippen LogP contribution in [0.3, 0.4) is 0 Å². The lowest BCUT2D eigenvalue weighted by atomic mass is 10.3. The molecule has 0 unspecified atom stereocenters. The molecule has 0 radical (unpaired) electrons. The first-order valence-electron chi connectivity index (χ1n) is 6.51. The van der Waals surface area contributed by atoms with Crippen molar-refractivity contribution in [1.82, 2.24) is 15.1 Å². The van der Waals surface area contributed by atoms with Gasteiger partial charge in [-0.2, -0.15) is 0 Å². The minimum Gasteiger partial charge on any atom is -0.325 e. The standard InChI is InChI=1S/C14H17ClN4OS/c1-9(14-18-17-10(2)21-14)19(3)8-13(20)16-12-6-4-5-11(15)7-12/h4-7,9H,8H2,1-3H3,(H,16,20)/t9-/m0/s1. The van der Waals surface area contributed by atoms with Gasteiger partial charge in [-0.3, -0.25) is 9.69 Å². The number of anilines is 1. The van der Waals surface area contributed by atoms with E-state index in [9.17, 15) is 4.79 Å². The number of nitrogens with zero attached hydrogens (tertiary/aromatic N) is 3. The van der Waals surface area contributed by atoms with Crippen molar-refractivity contribution in [3.63, 3.8) is 0 Å². The van der Waals surface area contributed by atoms with Crippen LogP contribution in [0.2, 0.25) is 5.02 Å². The number of amides is 1. The van der Waals surface area contributed by atoms with Crippen LogP contribution in [0, 0.1) is 6.92 Å². The first kappa shape index (κ1) is 15.9. The Hall–Kier alpha value is -1.50. The Morgan fingerprint density at radius 2 is 2.24 bits per heavy atom. The number of hydrogen-bond donors (Lipinski definition) is 1. The zero-order valence-corrected chi connectivity index (χ0v) is 13.7. The highest BCUT2D eigenvalue weighted by Crippen LogP contribution is 2.22. The van der Waals surface area contributed by atoms with E-state index >= 15 is 0 Å². The molecule has 2 rings (SSSR count). The number of nitrogens with one attached hydrogen (secondary N) is 1. The topological polar surface area (TPSA) is 58.1 Å². The predicted molar refractivity (Wildman–Crippen MR) is 85.8 cm³/mol. The smallest absolute Gasteiger partial charge is 0.238 e. The summed E-state index contributed by atoms with van der Waals surface area (Å²) in [6.45, 7) is 4.19. The van der Waals surface area contributed by atoms with E-state index in [1.54, 1.807) is 35.6 Å². The number of benzene rings is 1. The van der Waals surface area contributed by atoms with Gasteiger partial charge < -0.3 is 5.32 Å². The normalized spacial score (nSPS) is 12.4. The Balaban J connectivity index is 1.92. The first-order chi connectivity index (χ1) is 9.95. The molecule has 1 aromatic carbocycles. The van der Waals surface area contributed by atoms with Crippen molar-refractivity contribution in [3.05, 3.63) is 39.3 Å². The number of carbonyl (C=O) groups is 1. The minimum absolute atomic E-state index is 0.0429. The Kier molecular flexibility index (Phi) is 5.27. The van der Waals surface area contributed by atoms with E-state index in [2.05, 4.69) is 15.5 Å². The quantitative estimate of drug-likeness (QED) is 0.918. The molecule has 0 spiro atoms. The largest absolute Gasteiger partial charge is 0.325 e. The molecule has 1 aromatic heterocycles. The number of aryl methyl sites for hydroxylation is 1. The molecule has 5 nitrogen and oxygen atoms in total. The van der Waals surface area contributed by atoms with Gasteiger partial charge in [0.05, 0.1) is 12.6 Å². The number of aromatic nitrogens is 2. The molecule has 1 heterocycles. The Morgan fingerprint density at radius 1 is 1.48 bits per heavy atom. The molecule has 1 atom stereocenters. The molecule has 0 aliphatic rings. The molecule has 0 saturated carbocycles. The lowest BCUT2D eigenvalue weighted by Gasteiger charge is -2.21. The molecule has 21 heavy (non-hydrogen) atoms. The van der Waals surface area contributed by atoms with Crippen molar-refractivity contribution in [1.29, 1.82) is 0 Å². The summed E-state index contributed by atoms with van der Waals surface area (Å²) in [6, 6.07) is 7.14. The van der Waals surface area contributed by atoms with Gasteiger partial charge >= 0.3 is 0 Å². The Morgan fingerprint density at radius 3 is 2.86 bits per heavy atom. The van der Waals surface area contributed by atoms with Crippen LogP contribution in [-0.2, 0) is 4.79 Å². The molecule has 2 aromatic rings. The molecular weight excluding hydrogens is 308 g/mol. The monoisotopic (exact) mass is 324 g/mol. The van der Waals surface area contributed by atoms with Crippen LogP contribution in [0.15, 0.2) is 24.3 Å². The van der Waals surface area contributed by atoms with E-state index in [4.69, 9.17) is 11.6 Å². The molecule has 7 heteroatoms. The molecular formula is C14H17ClN4OS. The molecule has 1 N–H and O–H groups in total. The zero-order chi connectivity index (χ0) is 15.4. The first-order valence-corrected chi connectivity index (χ1v) is 7.71. The summed E-state index contributed by atoms with van der Waals surface area (Å²) in [5.41, 5.74) is 0.695. The van der Waals surface area contributed by atoms with Gasteiger partial charge in [0.2, 0.25) is 5.91 Å². The van der Waals surface area contributed by atoms with E-state index in [1.165, 1.54) is 0 Å². The van der Waals surface area contributed by atoms with E-state index in [0.717, 1.165) is 10.0 Å². The van der Waals surface area contributed by atoms with Crippen LogP contribution in [-0.4, -0.2) is 34.6 Å². The van der Waals surface area contributed by atoms with Crippen molar-refractivity contribution in [2.24, 2.45) is 0 Å². The fourth-order valence-electron chi connectivity index (χ4n) is 1.80. The molecule has 0 bridgehead atoms. The lowest BCUT2D eigenvalue weighted by Crippen LogP contribution is -2.32. The SMILES string of the molecule is Cc1nnc([C@H](C)N(C)CC(=O)Nc2cccc(Cl)c2)s1. The van der Waals surface area contributed by atoms with Crippen molar-refractivity contribution in [3.8, 4) is 0 Å². The second-order valence-corrected chi connectivity index (χ2v) is 6.46. The summed E-state index contributed by atoms with van der Waals surface area (Å²) in [5.74, 6) is -0.0900. The molecule has 0 aliphatic heterocycles. The zero-order valence-electron chi connectivity index (χ0n) is 12.1. The maximum absolute atomic E-state index is 12.0. The summed E-state index contributed by atoms with van der Waals surface area (Å²) < 4.78 is 0. The van der Waals surface area contributed by atoms with Crippen LogP contribution in [0.4, 0.5) is 5.69 Å². The minimum atomic E-state index is -0.0900. The molecule has 112 valence electrons. The van der Waals surface area contributed by atoms with Crippen LogP contribution in [0.25, 0.3) is 0 Å². The Labute approximate surface area is 133 Å². The highest BCUT2D eigenvalue weighted by molar-refractivity contribution is 7.11. The van der Waals surface area contributed by atoms with Gasteiger partial charge in [0.15, 0.2) is 0 Å². The second-order valence-electron chi connectivity index (χ2n) is 4.81. The van der Waals surface area contributed by atoms with Crippen LogP contribution >= 0.6 is 22.9 Å². The van der Waals surface area contributed by atoms with E-state index < -0.39 is 0 Å². The predicted octanol–water partition coefficient (Wildman–Crippen LogP) is 3.13. The van der Waals surface area contributed by atoms with Gasteiger partial charge in [-0.05, 0) is 39.1 Å². The average molecular weight is 325 g/mol. The van der Waals surface area contributed by atoms with Crippen molar-refractivity contribution in [2.75, 3.05) is 18.9 Å². The fourth-order valence-corrected chi connectivity index (χ4v) is 2.81. The summed E-state index contributed by atoms with van der Waals surface area (Å²) >= 11 is 7.44. The maximum Gasteiger partial charge on any atom is 0.238 e. The molecule has 0 saturated heterocycles. The van der Waals surface area contributed by atoms with Crippen molar-refractivity contribution >= 4 is 34.5 Å². The van der Waals surface area contributed by atoms with Gasteiger partial charge in [-0.1, -0.05) is 17.7 Å². The molecule has 0 aliphatic carbocycles. The number of halogens is 1. The fraction of sp³-hybridized carbons (Fsp3) is 0.357. The van der Waals surface area contributed by atoms with E-state index in [0.29, 0.717) is 10.7 Å². The summed E-state index contributed by atoms with van der Waals surface area (Å²) in [6.07, 6.45) is 0. The van der Waals surface area contributed by atoms with Crippen LogP contribution in [0.5, 0.6) is 0 Å². The van der Waals surface area contributed by atoms with Crippen molar-refractivity contribution < 1.29 is 4.79 Å². The average Bonchev–Trinajstić information content (AvgIpc) is 2.84. The molecule has 1 amide bonds. The van der Waals surface area contributed by atoms with E-state index in [1.807, 2.05) is 25.8 Å². The summed E-state index contributed by atoms with van der Waals surface area (Å²) in [7, 11) is 1.89. The third kappa shape index (κ3) is 4.49. The van der Waals surface area contributed by atoms with Gasteiger partial charge in [0, 0.05) is 10.7 Å². The van der Waals surface area contributed by atoms with Crippen molar-refractivity contribution in [2.45, 2.75) is 19.9 Å². The Bertz CT molecular complexity index is 631. The number of likely N-dealkylation sites (N-methyl/N-ethyl adjacent to an activating group) is 1. The summed E-state index contributed by atoms with van der Waals surface area (Å²) in [5, 5.41) is 13.4. The highest BCUT2D eigenvalue weighted by atomic mass is 35.5. The second kappa shape index (κ2) is 6.98. The lowest BCUT2D eigenvalue weighted by molar-refractivity contribution is -0.117. The van der Waals surface area contributed by atoms with Gasteiger partial charge in [0.1, 0.15) is 10.0 Å². The number of hydrogen-bond acceptors (Lipinski definition) is 5. The third-order valence-corrected chi connectivity index (χ3v) is 4.31. The third-order valence-electron chi connectivity index (χ3n) is 3.06. The van der Waals surface area contributed by atoms with Crippen LogP contribution in [0.1, 0.15) is 23.0 Å². The van der Waals surface area contributed by atoms with Gasteiger partial charge in [0.25, 0.3) is 0 Å². The van der Waals surface area contributed by atoms with E-state index in [-0.39, 0.29) is 18.5 Å². The molecule has 0 fully saturated rings. The highest BCUT2D eigenvalue weighted by Gasteiger charge is 2.18. The van der Waals surface area contributed by atoms with Gasteiger partial charge in [-0.15, -0.1) is 21.5 Å². The number of carbonyl (C=O) groups excluding carboxylic acids is 1. The number of rotatable bonds is 5. The van der Waals surface area contributed by atoms with Gasteiger partial charge in [-0.25, -0.2) is 0 Å². The summed E-state index contributed by atoms with van der Waals surface area (Å²) in [4.78, 5) is 14.0. The van der Waals surface area contributed by atoms with Crippen LogP contribution < -0.4 is 5.32 Å².